The number of benzene rings is 1. The summed E-state index contributed by atoms with van der Waals surface area (Å²) in [7, 11) is 0. The second-order valence-corrected chi connectivity index (χ2v) is 4.85. The SMILES string of the molecule is N#Cc1cccnc1NCC1NCCc2ccccc21. The minimum atomic E-state index is 0.258. The molecule has 0 spiro atoms. The molecule has 2 heterocycles. The summed E-state index contributed by atoms with van der Waals surface area (Å²) in [6.45, 7) is 1.71. The van der Waals surface area contributed by atoms with E-state index in [0.29, 0.717) is 11.4 Å². The maximum absolute atomic E-state index is 9.07. The van der Waals surface area contributed by atoms with Gasteiger partial charge in [0.05, 0.1) is 5.56 Å². The molecular weight excluding hydrogens is 248 g/mol. The Hall–Kier alpha value is -2.38. The van der Waals surface area contributed by atoms with Crippen molar-refractivity contribution in [2.24, 2.45) is 0 Å². The Balaban J connectivity index is 1.75. The van der Waals surface area contributed by atoms with Crippen molar-refractivity contribution in [3.63, 3.8) is 0 Å². The molecule has 3 rings (SSSR count). The quantitative estimate of drug-likeness (QED) is 0.892. The van der Waals surface area contributed by atoms with E-state index in [1.54, 1.807) is 18.3 Å². The van der Waals surface area contributed by atoms with Crippen molar-refractivity contribution < 1.29 is 0 Å². The van der Waals surface area contributed by atoms with E-state index in [1.807, 2.05) is 0 Å². The van der Waals surface area contributed by atoms with E-state index < -0.39 is 0 Å². The Bertz CT molecular complexity index is 645. The van der Waals surface area contributed by atoms with Gasteiger partial charge in [-0.3, -0.25) is 0 Å². The average Bonchev–Trinajstić information content (AvgIpc) is 2.53. The fourth-order valence-corrected chi connectivity index (χ4v) is 2.61. The zero-order chi connectivity index (χ0) is 13.8. The molecule has 2 N–H and O–H groups in total. The molecule has 0 radical (unpaired) electrons. The number of rotatable bonds is 3. The van der Waals surface area contributed by atoms with Gasteiger partial charge in [-0.25, -0.2) is 4.98 Å². The summed E-state index contributed by atoms with van der Waals surface area (Å²) in [6.07, 6.45) is 2.77. The van der Waals surface area contributed by atoms with Gasteiger partial charge in [-0.1, -0.05) is 24.3 Å². The molecule has 20 heavy (non-hydrogen) atoms. The first kappa shape index (κ1) is 12.6. The third kappa shape index (κ3) is 2.49. The number of hydrogen-bond donors (Lipinski definition) is 2. The highest BCUT2D eigenvalue weighted by atomic mass is 15.0. The number of nitriles is 1. The third-order valence-electron chi connectivity index (χ3n) is 3.62. The smallest absolute Gasteiger partial charge is 0.143 e. The van der Waals surface area contributed by atoms with Crippen LogP contribution in [0.25, 0.3) is 0 Å². The van der Waals surface area contributed by atoms with Gasteiger partial charge in [0.25, 0.3) is 0 Å². The van der Waals surface area contributed by atoms with Gasteiger partial charge in [0.2, 0.25) is 0 Å². The first-order valence-electron chi connectivity index (χ1n) is 6.78. The van der Waals surface area contributed by atoms with Crippen molar-refractivity contribution in [1.29, 1.82) is 5.26 Å². The van der Waals surface area contributed by atoms with E-state index in [-0.39, 0.29) is 6.04 Å². The molecule has 1 aliphatic heterocycles. The van der Waals surface area contributed by atoms with Gasteiger partial charge in [0.1, 0.15) is 11.9 Å². The van der Waals surface area contributed by atoms with Gasteiger partial charge < -0.3 is 10.6 Å². The molecule has 1 unspecified atom stereocenters. The molecule has 100 valence electrons. The van der Waals surface area contributed by atoms with Crippen LogP contribution in [0.15, 0.2) is 42.6 Å². The molecular formula is C16H16N4. The fourth-order valence-electron chi connectivity index (χ4n) is 2.61. The molecule has 0 saturated carbocycles. The molecule has 1 aromatic heterocycles. The minimum Gasteiger partial charge on any atom is -0.367 e. The summed E-state index contributed by atoms with van der Waals surface area (Å²) in [4.78, 5) is 4.23. The number of aromatic nitrogens is 1. The van der Waals surface area contributed by atoms with Crippen LogP contribution in [0.5, 0.6) is 0 Å². The lowest BCUT2D eigenvalue weighted by molar-refractivity contribution is 0.523. The minimum absolute atomic E-state index is 0.258. The summed E-state index contributed by atoms with van der Waals surface area (Å²) < 4.78 is 0. The van der Waals surface area contributed by atoms with E-state index in [1.165, 1.54) is 11.1 Å². The monoisotopic (exact) mass is 264 g/mol. The van der Waals surface area contributed by atoms with Gasteiger partial charge in [-0.15, -0.1) is 0 Å². The van der Waals surface area contributed by atoms with Crippen molar-refractivity contribution in [2.75, 3.05) is 18.4 Å². The molecule has 4 nitrogen and oxygen atoms in total. The van der Waals surface area contributed by atoms with Crippen LogP contribution in [0.2, 0.25) is 0 Å². The van der Waals surface area contributed by atoms with Crippen LogP contribution in [0.4, 0.5) is 5.82 Å². The molecule has 0 saturated heterocycles. The average molecular weight is 264 g/mol. The topological polar surface area (TPSA) is 60.7 Å². The maximum atomic E-state index is 9.07. The third-order valence-corrected chi connectivity index (χ3v) is 3.62. The predicted molar refractivity (Wildman–Crippen MR) is 78.3 cm³/mol. The molecule has 2 aromatic rings. The second-order valence-electron chi connectivity index (χ2n) is 4.85. The van der Waals surface area contributed by atoms with E-state index in [0.717, 1.165) is 19.5 Å². The molecule has 1 aromatic carbocycles. The highest BCUT2D eigenvalue weighted by Crippen LogP contribution is 2.23. The fraction of sp³-hybridized carbons (Fsp3) is 0.250. The Kier molecular flexibility index (Phi) is 3.62. The molecule has 1 atom stereocenters. The van der Waals surface area contributed by atoms with E-state index in [4.69, 9.17) is 5.26 Å². The summed E-state index contributed by atoms with van der Waals surface area (Å²) in [5.74, 6) is 0.653. The van der Waals surface area contributed by atoms with Crippen molar-refractivity contribution >= 4 is 5.82 Å². The van der Waals surface area contributed by atoms with E-state index in [9.17, 15) is 0 Å². The Morgan fingerprint density at radius 2 is 2.20 bits per heavy atom. The van der Waals surface area contributed by atoms with Crippen LogP contribution in [0.1, 0.15) is 22.7 Å². The zero-order valence-corrected chi connectivity index (χ0v) is 11.1. The lowest BCUT2D eigenvalue weighted by Crippen LogP contribution is -2.34. The van der Waals surface area contributed by atoms with Gasteiger partial charge >= 0.3 is 0 Å². The molecule has 0 bridgehead atoms. The summed E-state index contributed by atoms with van der Waals surface area (Å²) in [5.41, 5.74) is 3.32. The molecule has 1 aliphatic rings. The van der Waals surface area contributed by atoms with Crippen molar-refractivity contribution in [3.8, 4) is 6.07 Å². The van der Waals surface area contributed by atoms with Gasteiger partial charge in [-0.05, 0) is 36.2 Å². The maximum Gasteiger partial charge on any atom is 0.143 e. The van der Waals surface area contributed by atoms with Crippen molar-refractivity contribution in [2.45, 2.75) is 12.5 Å². The highest BCUT2D eigenvalue weighted by molar-refractivity contribution is 5.51. The van der Waals surface area contributed by atoms with Crippen molar-refractivity contribution in [3.05, 3.63) is 59.3 Å². The van der Waals surface area contributed by atoms with E-state index in [2.05, 4.69) is 46.0 Å². The van der Waals surface area contributed by atoms with Gasteiger partial charge in [-0.2, -0.15) is 5.26 Å². The number of nitrogens with zero attached hydrogens (tertiary/aromatic N) is 2. The number of fused-ring (bicyclic) bond motifs is 1. The number of pyridine rings is 1. The zero-order valence-electron chi connectivity index (χ0n) is 11.1. The second kappa shape index (κ2) is 5.72. The molecule has 4 heteroatoms. The summed E-state index contributed by atoms with van der Waals surface area (Å²) in [5, 5.41) is 15.9. The number of anilines is 1. The van der Waals surface area contributed by atoms with Crippen LogP contribution in [-0.2, 0) is 6.42 Å². The Morgan fingerprint density at radius 3 is 3.10 bits per heavy atom. The first-order chi connectivity index (χ1) is 9.88. The van der Waals surface area contributed by atoms with Gasteiger partial charge in [0, 0.05) is 18.8 Å². The standard InChI is InChI=1S/C16H16N4/c17-10-13-5-3-8-19-16(13)20-11-15-14-6-2-1-4-12(14)7-9-18-15/h1-6,8,15,18H,7,9,11H2,(H,19,20). The van der Waals surface area contributed by atoms with Crippen LogP contribution >= 0.6 is 0 Å². The molecule has 0 amide bonds. The lowest BCUT2D eigenvalue weighted by atomic mass is 9.94. The molecule has 0 fully saturated rings. The number of nitrogens with one attached hydrogen (secondary N) is 2. The van der Waals surface area contributed by atoms with Gasteiger partial charge in [0.15, 0.2) is 0 Å². The van der Waals surface area contributed by atoms with Crippen LogP contribution in [-0.4, -0.2) is 18.1 Å². The number of hydrogen-bond acceptors (Lipinski definition) is 4. The first-order valence-corrected chi connectivity index (χ1v) is 6.78. The van der Waals surface area contributed by atoms with E-state index >= 15 is 0 Å². The van der Waals surface area contributed by atoms with Crippen LogP contribution in [0.3, 0.4) is 0 Å². The lowest BCUT2D eigenvalue weighted by Gasteiger charge is -2.27. The predicted octanol–water partition coefficient (Wildman–Crippen LogP) is 2.25. The van der Waals surface area contributed by atoms with Crippen LogP contribution < -0.4 is 10.6 Å². The summed E-state index contributed by atoms with van der Waals surface area (Å²) >= 11 is 0. The highest BCUT2D eigenvalue weighted by Gasteiger charge is 2.19. The molecule has 0 aliphatic carbocycles. The van der Waals surface area contributed by atoms with Crippen LogP contribution in [0, 0.1) is 11.3 Å². The summed E-state index contributed by atoms with van der Waals surface area (Å²) in [6, 6.07) is 14.5. The Labute approximate surface area is 118 Å². The Morgan fingerprint density at radius 1 is 1.30 bits per heavy atom. The largest absolute Gasteiger partial charge is 0.367 e. The van der Waals surface area contributed by atoms with Crippen molar-refractivity contribution in [1.82, 2.24) is 10.3 Å². The normalized spacial score (nSPS) is 17.1.